The van der Waals surface area contributed by atoms with Crippen LogP contribution in [-0.4, -0.2) is 12.6 Å². The van der Waals surface area contributed by atoms with Crippen molar-refractivity contribution in [3.05, 3.63) is 32.4 Å². The SMILES string of the molecule is CCNC(CC1=CCCCC1)Cc1cc(Br)cs1. The van der Waals surface area contributed by atoms with Crippen LogP contribution in [0.15, 0.2) is 27.6 Å². The molecule has 1 aromatic rings. The zero-order valence-corrected chi connectivity index (χ0v) is 13.4. The fourth-order valence-corrected chi connectivity index (χ4v) is 4.15. The molecule has 0 fully saturated rings. The smallest absolute Gasteiger partial charge is 0.0285 e. The highest BCUT2D eigenvalue weighted by Gasteiger charge is 2.13. The highest BCUT2D eigenvalue weighted by molar-refractivity contribution is 9.10. The van der Waals surface area contributed by atoms with Crippen LogP contribution in [0, 0.1) is 0 Å². The number of allylic oxidation sites excluding steroid dienone is 1. The predicted octanol–water partition coefficient (Wildman–Crippen LogP) is 4.92. The molecule has 1 aromatic heterocycles. The molecule has 0 saturated heterocycles. The van der Waals surface area contributed by atoms with Gasteiger partial charge in [0, 0.05) is 20.8 Å². The highest BCUT2D eigenvalue weighted by atomic mass is 79.9. The Morgan fingerprint density at radius 1 is 1.39 bits per heavy atom. The Kier molecular flexibility index (Phi) is 5.93. The molecule has 0 saturated carbocycles. The molecule has 100 valence electrons. The van der Waals surface area contributed by atoms with E-state index in [1.54, 1.807) is 5.57 Å². The van der Waals surface area contributed by atoms with Gasteiger partial charge in [-0.3, -0.25) is 0 Å². The maximum absolute atomic E-state index is 3.64. The Hall–Kier alpha value is -0.120. The Labute approximate surface area is 123 Å². The molecule has 1 heterocycles. The molecule has 1 N–H and O–H groups in total. The summed E-state index contributed by atoms with van der Waals surface area (Å²) in [5, 5.41) is 5.82. The number of thiophene rings is 1. The lowest BCUT2D eigenvalue weighted by molar-refractivity contribution is 0.507. The quantitative estimate of drug-likeness (QED) is 0.731. The van der Waals surface area contributed by atoms with E-state index < -0.39 is 0 Å². The van der Waals surface area contributed by atoms with Gasteiger partial charge in [-0.2, -0.15) is 0 Å². The number of nitrogens with one attached hydrogen (secondary N) is 1. The van der Waals surface area contributed by atoms with Crippen LogP contribution in [0.2, 0.25) is 0 Å². The first kappa shape index (κ1) is 14.3. The minimum atomic E-state index is 0.602. The van der Waals surface area contributed by atoms with Crippen molar-refractivity contribution >= 4 is 27.3 Å². The maximum atomic E-state index is 3.64. The van der Waals surface area contributed by atoms with Crippen molar-refractivity contribution in [3.8, 4) is 0 Å². The van der Waals surface area contributed by atoms with Gasteiger partial charge in [0.25, 0.3) is 0 Å². The first-order chi connectivity index (χ1) is 8.78. The van der Waals surface area contributed by atoms with Crippen molar-refractivity contribution in [1.29, 1.82) is 0 Å². The van der Waals surface area contributed by atoms with Gasteiger partial charge in [0.2, 0.25) is 0 Å². The van der Waals surface area contributed by atoms with Crippen molar-refractivity contribution in [2.45, 2.75) is 51.5 Å². The number of halogens is 1. The lowest BCUT2D eigenvalue weighted by Crippen LogP contribution is -2.31. The van der Waals surface area contributed by atoms with E-state index in [0.717, 1.165) is 13.0 Å². The summed E-state index contributed by atoms with van der Waals surface area (Å²) < 4.78 is 1.22. The Balaban J connectivity index is 1.92. The summed E-state index contributed by atoms with van der Waals surface area (Å²) in [6.07, 6.45) is 10.2. The van der Waals surface area contributed by atoms with Gasteiger partial charge in [0.1, 0.15) is 0 Å². The molecule has 0 aromatic carbocycles. The Morgan fingerprint density at radius 3 is 2.89 bits per heavy atom. The third kappa shape index (κ3) is 4.52. The van der Waals surface area contributed by atoms with Crippen molar-refractivity contribution in [1.82, 2.24) is 5.32 Å². The molecular formula is C15H22BrNS. The van der Waals surface area contributed by atoms with Gasteiger partial charge in [-0.15, -0.1) is 11.3 Å². The molecule has 1 aliphatic rings. The van der Waals surface area contributed by atoms with Gasteiger partial charge in [0.15, 0.2) is 0 Å². The monoisotopic (exact) mass is 327 g/mol. The zero-order chi connectivity index (χ0) is 12.8. The van der Waals surface area contributed by atoms with E-state index in [9.17, 15) is 0 Å². The molecule has 1 aliphatic carbocycles. The van der Waals surface area contributed by atoms with Crippen molar-refractivity contribution in [3.63, 3.8) is 0 Å². The van der Waals surface area contributed by atoms with Crippen LogP contribution in [0.4, 0.5) is 0 Å². The van der Waals surface area contributed by atoms with Crippen LogP contribution < -0.4 is 5.32 Å². The second-order valence-electron chi connectivity index (χ2n) is 5.00. The molecule has 0 spiro atoms. The van der Waals surface area contributed by atoms with E-state index in [-0.39, 0.29) is 0 Å². The van der Waals surface area contributed by atoms with Crippen molar-refractivity contribution in [2.75, 3.05) is 6.54 Å². The Bertz CT molecular complexity index is 397. The second kappa shape index (κ2) is 7.46. The third-order valence-electron chi connectivity index (χ3n) is 3.46. The number of likely N-dealkylation sites (N-methyl/N-ethyl adjacent to an activating group) is 1. The minimum Gasteiger partial charge on any atom is -0.314 e. The van der Waals surface area contributed by atoms with Crippen LogP contribution >= 0.6 is 27.3 Å². The predicted molar refractivity (Wildman–Crippen MR) is 84.4 cm³/mol. The summed E-state index contributed by atoms with van der Waals surface area (Å²) in [5.41, 5.74) is 1.67. The second-order valence-corrected chi connectivity index (χ2v) is 6.91. The normalized spacial score (nSPS) is 17.6. The molecule has 0 radical (unpaired) electrons. The summed E-state index contributed by atoms with van der Waals surface area (Å²) in [5.74, 6) is 0. The van der Waals surface area contributed by atoms with Crippen LogP contribution in [0.3, 0.4) is 0 Å². The molecule has 0 aliphatic heterocycles. The van der Waals surface area contributed by atoms with E-state index in [1.165, 1.54) is 41.5 Å². The molecule has 0 bridgehead atoms. The molecule has 18 heavy (non-hydrogen) atoms. The first-order valence-electron chi connectivity index (χ1n) is 6.92. The lowest BCUT2D eigenvalue weighted by atomic mass is 9.93. The average Bonchev–Trinajstić information content (AvgIpc) is 2.76. The number of rotatable bonds is 6. The zero-order valence-electron chi connectivity index (χ0n) is 11.0. The average molecular weight is 328 g/mol. The first-order valence-corrected chi connectivity index (χ1v) is 8.59. The van der Waals surface area contributed by atoms with Crippen molar-refractivity contribution in [2.24, 2.45) is 0 Å². The maximum Gasteiger partial charge on any atom is 0.0285 e. The van der Waals surface area contributed by atoms with Crippen LogP contribution in [0.5, 0.6) is 0 Å². The lowest BCUT2D eigenvalue weighted by Gasteiger charge is -2.21. The van der Waals surface area contributed by atoms with E-state index in [0.29, 0.717) is 6.04 Å². The van der Waals surface area contributed by atoms with E-state index >= 15 is 0 Å². The molecule has 3 heteroatoms. The number of hydrogen-bond donors (Lipinski definition) is 1. The van der Waals surface area contributed by atoms with Gasteiger partial charge in [-0.25, -0.2) is 0 Å². The molecule has 1 atom stereocenters. The van der Waals surface area contributed by atoms with Gasteiger partial charge in [-0.05, 0) is 67.1 Å². The van der Waals surface area contributed by atoms with E-state index in [2.05, 4.69) is 45.7 Å². The standard InChI is InChI=1S/C15H22BrNS/c1-2-17-14(8-12-6-4-3-5-7-12)10-15-9-13(16)11-18-15/h6,9,11,14,17H,2-5,7-8,10H2,1H3. The van der Waals surface area contributed by atoms with Crippen LogP contribution in [0.1, 0.15) is 43.9 Å². The summed E-state index contributed by atoms with van der Waals surface area (Å²) in [4.78, 5) is 1.48. The molecular weight excluding hydrogens is 306 g/mol. The highest BCUT2D eigenvalue weighted by Crippen LogP contribution is 2.25. The molecule has 1 unspecified atom stereocenters. The topological polar surface area (TPSA) is 12.0 Å². The summed E-state index contributed by atoms with van der Waals surface area (Å²) in [6.45, 7) is 3.26. The molecule has 1 nitrogen and oxygen atoms in total. The molecule has 2 rings (SSSR count). The summed E-state index contributed by atoms with van der Waals surface area (Å²) in [6, 6.07) is 2.86. The summed E-state index contributed by atoms with van der Waals surface area (Å²) >= 11 is 5.40. The van der Waals surface area contributed by atoms with Gasteiger partial charge in [-0.1, -0.05) is 18.6 Å². The van der Waals surface area contributed by atoms with Crippen molar-refractivity contribution < 1.29 is 0 Å². The third-order valence-corrected chi connectivity index (χ3v) is 5.18. The molecule has 0 amide bonds. The fourth-order valence-electron chi connectivity index (χ4n) is 2.62. The summed E-state index contributed by atoms with van der Waals surface area (Å²) in [7, 11) is 0. The van der Waals surface area contributed by atoms with Gasteiger partial charge < -0.3 is 5.32 Å². The Morgan fingerprint density at radius 2 is 2.28 bits per heavy atom. The fraction of sp³-hybridized carbons (Fsp3) is 0.600. The van der Waals surface area contributed by atoms with Crippen LogP contribution in [0.25, 0.3) is 0 Å². The number of hydrogen-bond acceptors (Lipinski definition) is 2. The van der Waals surface area contributed by atoms with E-state index in [1.807, 2.05) is 11.3 Å². The largest absolute Gasteiger partial charge is 0.314 e. The van der Waals surface area contributed by atoms with E-state index in [4.69, 9.17) is 0 Å². The van der Waals surface area contributed by atoms with Crippen LogP contribution in [-0.2, 0) is 6.42 Å². The minimum absolute atomic E-state index is 0.602. The van der Waals surface area contributed by atoms with Gasteiger partial charge in [0.05, 0.1) is 0 Å². The van der Waals surface area contributed by atoms with Gasteiger partial charge >= 0.3 is 0 Å².